The molecular formula is C25H30N2O3S2. The van der Waals surface area contributed by atoms with Crippen molar-refractivity contribution in [3.8, 4) is 5.75 Å². The maximum Gasteiger partial charge on any atom is 0.258 e. The van der Waals surface area contributed by atoms with Gasteiger partial charge in [-0.2, -0.15) is 0 Å². The molecule has 2 aliphatic rings. The monoisotopic (exact) mass is 470 g/mol. The highest BCUT2D eigenvalue weighted by Gasteiger charge is 2.22. The second-order valence-corrected chi connectivity index (χ2v) is 11.0. The summed E-state index contributed by atoms with van der Waals surface area (Å²) >= 11 is 3.98. The average Bonchev–Trinajstić information content (AvgIpc) is 3.38. The predicted molar refractivity (Wildman–Crippen MR) is 133 cm³/mol. The molecule has 0 spiro atoms. The van der Waals surface area contributed by atoms with Crippen LogP contribution in [-0.2, 0) is 16.1 Å². The lowest BCUT2D eigenvalue weighted by molar-refractivity contribution is -0.123. The van der Waals surface area contributed by atoms with E-state index in [9.17, 15) is 9.59 Å². The Morgan fingerprint density at radius 1 is 0.969 bits per heavy atom. The van der Waals surface area contributed by atoms with E-state index < -0.39 is 0 Å². The highest BCUT2D eigenvalue weighted by molar-refractivity contribution is 8.16. The molecule has 0 aromatic heterocycles. The van der Waals surface area contributed by atoms with Crippen LogP contribution < -0.4 is 15.4 Å². The highest BCUT2D eigenvalue weighted by Crippen LogP contribution is 2.43. The molecule has 0 atom stereocenters. The van der Waals surface area contributed by atoms with E-state index in [0.717, 1.165) is 36.9 Å². The number of rotatable bonds is 8. The highest BCUT2D eigenvalue weighted by atomic mass is 32.2. The molecule has 1 saturated heterocycles. The Balaban J connectivity index is 1.20. The predicted octanol–water partition coefficient (Wildman–Crippen LogP) is 5.38. The number of amides is 2. The van der Waals surface area contributed by atoms with Crippen molar-refractivity contribution >= 4 is 41.0 Å². The molecule has 1 heterocycles. The summed E-state index contributed by atoms with van der Waals surface area (Å²) in [6, 6.07) is 15.7. The molecule has 2 fully saturated rings. The van der Waals surface area contributed by atoms with E-state index in [1.165, 1.54) is 23.5 Å². The second-order valence-electron chi connectivity index (χ2n) is 8.23. The molecule has 1 aliphatic carbocycles. The molecule has 1 aliphatic heterocycles. The number of nitrogens with one attached hydrogen (secondary N) is 2. The van der Waals surface area contributed by atoms with Gasteiger partial charge in [-0.25, -0.2) is 0 Å². The fraction of sp³-hybridized carbons (Fsp3) is 0.440. The van der Waals surface area contributed by atoms with Crippen LogP contribution in [0.1, 0.15) is 47.8 Å². The molecule has 170 valence electrons. The molecule has 32 heavy (non-hydrogen) atoms. The summed E-state index contributed by atoms with van der Waals surface area (Å²) in [6.07, 6.45) is 5.50. The first-order valence-electron chi connectivity index (χ1n) is 11.3. The van der Waals surface area contributed by atoms with Gasteiger partial charge in [0.1, 0.15) is 5.75 Å². The van der Waals surface area contributed by atoms with Crippen LogP contribution in [0.5, 0.6) is 5.75 Å². The molecule has 4 rings (SSSR count). The molecule has 2 amide bonds. The van der Waals surface area contributed by atoms with E-state index in [-0.39, 0.29) is 24.3 Å². The molecule has 2 aromatic carbocycles. The van der Waals surface area contributed by atoms with Crippen LogP contribution in [0.15, 0.2) is 48.5 Å². The van der Waals surface area contributed by atoms with Crippen LogP contribution in [0.25, 0.3) is 0 Å². The Morgan fingerprint density at radius 2 is 1.72 bits per heavy atom. The van der Waals surface area contributed by atoms with Crippen LogP contribution in [0.2, 0.25) is 0 Å². The maximum absolute atomic E-state index is 12.3. The Labute approximate surface area is 198 Å². The third-order valence-electron chi connectivity index (χ3n) is 5.76. The summed E-state index contributed by atoms with van der Waals surface area (Å²) in [7, 11) is 0. The maximum atomic E-state index is 12.3. The summed E-state index contributed by atoms with van der Waals surface area (Å²) in [5.41, 5.74) is 3.02. The van der Waals surface area contributed by atoms with Crippen molar-refractivity contribution in [1.29, 1.82) is 0 Å². The number of benzene rings is 2. The lowest BCUT2D eigenvalue weighted by Gasteiger charge is -2.21. The van der Waals surface area contributed by atoms with Gasteiger partial charge in [0.25, 0.3) is 5.91 Å². The van der Waals surface area contributed by atoms with E-state index in [2.05, 4.69) is 22.8 Å². The number of hydrogen-bond acceptors (Lipinski definition) is 5. The van der Waals surface area contributed by atoms with Crippen LogP contribution in [-0.4, -0.2) is 29.9 Å². The molecule has 2 aromatic rings. The first-order chi connectivity index (χ1) is 15.7. The minimum Gasteiger partial charge on any atom is -0.484 e. The van der Waals surface area contributed by atoms with E-state index in [1.54, 1.807) is 0 Å². The SMILES string of the molecule is O=C(COc1ccc(C2SCCCS2)cc1)NCc1cccc(NC(=O)C2CCCC2)c1. The van der Waals surface area contributed by atoms with E-state index in [0.29, 0.717) is 16.9 Å². The molecule has 7 heteroatoms. The Kier molecular flexibility index (Phi) is 8.40. The summed E-state index contributed by atoms with van der Waals surface area (Å²) in [6.45, 7) is 0.370. The first-order valence-corrected chi connectivity index (χ1v) is 13.4. The molecular weight excluding hydrogens is 440 g/mol. The number of hydrogen-bond donors (Lipinski definition) is 2. The number of carbonyl (C=O) groups excluding carboxylic acids is 2. The van der Waals surface area contributed by atoms with Gasteiger partial charge in [0.05, 0.1) is 4.58 Å². The van der Waals surface area contributed by atoms with Gasteiger partial charge < -0.3 is 15.4 Å². The zero-order valence-electron chi connectivity index (χ0n) is 18.2. The molecule has 0 radical (unpaired) electrons. The molecule has 1 saturated carbocycles. The minimum atomic E-state index is -0.173. The zero-order chi connectivity index (χ0) is 22.2. The largest absolute Gasteiger partial charge is 0.484 e. The summed E-state index contributed by atoms with van der Waals surface area (Å²) in [5, 5.41) is 5.89. The summed E-state index contributed by atoms with van der Waals surface area (Å²) in [5.74, 6) is 3.19. The minimum absolute atomic E-state index is 0.0234. The lowest BCUT2D eigenvalue weighted by Crippen LogP contribution is -2.28. The zero-order valence-corrected chi connectivity index (χ0v) is 19.8. The first kappa shape index (κ1) is 23.1. The number of thioether (sulfide) groups is 2. The topological polar surface area (TPSA) is 67.4 Å². The Bertz CT molecular complexity index is 908. The number of carbonyl (C=O) groups is 2. The fourth-order valence-corrected chi connectivity index (χ4v) is 6.89. The van der Waals surface area contributed by atoms with E-state index in [4.69, 9.17) is 4.74 Å². The normalized spacial score (nSPS) is 17.1. The van der Waals surface area contributed by atoms with Crippen molar-refractivity contribution in [2.24, 2.45) is 5.92 Å². The summed E-state index contributed by atoms with van der Waals surface area (Å²) < 4.78 is 6.15. The Hall–Kier alpha value is -2.12. The van der Waals surface area contributed by atoms with E-state index >= 15 is 0 Å². The van der Waals surface area contributed by atoms with Crippen molar-refractivity contribution in [3.63, 3.8) is 0 Å². The molecule has 0 unspecified atom stereocenters. The van der Waals surface area contributed by atoms with Gasteiger partial charge in [-0.1, -0.05) is 37.1 Å². The van der Waals surface area contributed by atoms with Crippen LogP contribution in [0.3, 0.4) is 0 Å². The molecule has 5 nitrogen and oxygen atoms in total. The number of anilines is 1. The van der Waals surface area contributed by atoms with Crippen molar-refractivity contribution < 1.29 is 14.3 Å². The lowest BCUT2D eigenvalue weighted by atomic mass is 10.1. The van der Waals surface area contributed by atoms with Gasteiger partial charge in [-0.15, -0.1) is 23.5 Å². The average molecular weight is 471 g/mol. The van der Waals surface area contributed by atoms with Gasteiger partial charge in [-0.3, -0.25) is 9.59 Å². The van der Waals surface area contributed by atoms with E-state index in [1.807, 2.05) is 59.9 Å². The van der Waals surface area contributed by atoms with Crippen LogP contribution >= 0.6 is 23.5 Å². The van der Waals surface area contributed by atoms with Gasteiger partial charge in [0.2, 0.25) is 5.91 Å². The second kappa shape index (κ2) is 11.7. The van der Waals surface area contributed by atoms with Crippen LogP contribution in [0, 0.1) is 5.92 Å². The summed E-state index contributed by atoms with van der Waals surface area (Å²) in [4.78, 5) is 24.6. The van der Waals surface area contributed by atoms with Gasteiger partial charge >= 0.3 is 0 Å². The van der Waals surface area contributed by atoms with Crippen molar-refractivity contribution in [2.45, 2.75) is 43.2 Å². The quantitative estimate of drug-likeness (QED) is 0.542. The molecule has 0 bridgehead atoms. The van der Waals surface area contributed by atoms with Gasteiger partial charge in [0, 0.05) is 18.2 Å². The fourth-order valence-electron chi connectivity index (χ4n) is 3.99. The standard InChI is InChI=1S/C25H30N2O3S2/c28-23(17-30-22-11-9-20(10-12-22)25-31-13-4-14-32-25)26-16-18-5-3-8-21(15-18)27-24(29)19-6-1-2-7-19/h3,5,8-12,15,19,25H,1-2,4,6-7,13-14,16-17H2,(H,26,28)(H,27,29). The van der Waals surface area contributed by atoms with Gasteiger partial charge in [-0.05, 0) is 66.2 Å². The van der Waals surface area contributed by atoms with Crippen molar-refractivity contribution in [1.82, 2.24) is 5.32 Å². The third-order valence-corrected chi connectivity index (χ3v) is 8.77. The van der Waals surface area contributed by atoms with Gasteiger partial charge in [0.15, 0.2) is 6.61 Å². The van der Waals surface area contributed by atoms with Crippen molar-refractivity contribution in [2.75, 3.05) is 23.4 Å². The molecule has 2 N–H and O–H groups in total. The van der Waals surface area contributed by atoms with Crippen LogP contribution in [0.4, 0.5) is 5.69 Å². The number of ether oxygens (including phenoxy) is 1. The van der Waals surface area contributed by atoms with Crippen molar-refractivity contribution in [3.05, 3.63) is 59.7 Å². The third kappa shape index (κ3) is 6.69. The smallest absolute Gasteiger partial charge is 0.258 e. The Morgan fingerprint density at radius 3 is 2.47 bits per heavy atom.